The van der Waals surface area contributed by atoms with Crippen LogP contribution < -0.4 is 10.6 Å². The van der Waals surface area contributed by atoms with Crippen LogP contribution >= 0.6 is 11.6 Å². The summed E-state index contributed by atoms with van der Waals surface area (Å²) in [5, 5.41) is 7.63. The number of nitrogens with zero attached hydrogens (tertiary/aromatic N) is 1. The van der Waals surface area contributed by atoms with Gasteiger partial charge in [0.25, 0.3) is 0 Å². The second-order valence-electron chi connectivity index (χ2n) is 5.74. The van der Waals surface area contributed by atoms with Gasteiger partial charge in [0.1, 0.15) is 0 Å². The van der Waals surface area contributed by atoms with Crippen LogP contribution in [0.2, 0.25) is 5.02 Å². The predicted molar refractivity (Wildman–Crippen MR) is 86.0 cm³/mol. The molecule has 114 valence electrons. The van der Waals surface area contributed by atoms with Crippen LogP contribution in [0.3, 0.4) is 0 Å². The highest BCUT2D eigenvalue weighted by Gasteiger charge is 2.40. The van der Waals surface area contributed by atoms with Gasteiger partial charge in [-0.15, -0.1) is 0 Å². The smallest absolute Gasteiger partial charge is 0.191 e. The predicted octanol–water partition coefficient (Wildman–Crippen LogP) is 2.37. The van der Waals surface area contributed by atoms with E-state index in [0.29, 0.717) is 18.2 Å². The Morgan fingerprint density at radius 3 is 2.76 bits per heavy atom. The van der Waals surface area contributed by atoms with E-state index in [1.54, 1.807) is 0 Å². The van der Waals surface area contributed by atoms with Gasteiger partial charge >= 0.3 is 0 Å². The molecule has 0 aromatic heterocycles. The second kappa shape index (κ2) is 6.67. The lowest BCUT2D eigenvalue weighted by Crippen LogP contribution is -2.47. The molecule has 2 fully saturated rings. The van der Waals surface area contributed by atoms with Gasteiger partial charge in [-0.2, -0.15) is 0 Å². The molecule has 21 heavy (non-hydrogen) atoms. The summed E-state index contributed by atoms with van der Waals surface area (Å²) in [6.45, 7) is 0.850. The number of hydrogen-bond acceptors (Lipinski definition) is 2. The number of hydrogen-bond donors (Lipinski definition) is 2. The first-order valence-electron chi connectivity index (χ1n) is 7.61. The van der Waals surface area contributed by atoms with Crippen molar-refractivity contribution in [3.8, 4) is 0 Å². The molecule has 0 spiro atoms. The molecule has 2 bridgehead atoms. The minimum absolute atomic E-state index is 0.366. The van der Waals surface area contributed by atoms with Gasteiger partial charge in [0, 0.05) is 18.6 Å². The van der Waals surface area contributed by atoms with Crippen LogP contribution in [-0.2, 0) is 11.2 Å². The Labute approximate surface area is 130 Å². The fourth-order valence-corrected chi connectivity index (χ4v) is 3.26. The highest BCUT2D eigenvalue weighted by Crippen LogP contribution is 2.34. The molecule has 5 heteroatoms. The molecular formula is C16H22ClN3O. The number of aliphatic imine (C=N–C) groups is 1. The zero-order valence-electron chi connectivity index (χ0n) is 12.3. The number of guanidine groups is 1. The van der Waals surface area contributed by atoms with Gasteiger partial charge in [-0.3, -0.25) is 4.99 Å². The van der Waals surface area contributed by atoms with E-state index in [2.05, 4.69) is 27.8 Å². The van der Waals surface area contributed by atoms with Crippen molar-refractivity contribution < 1.29 is 4.74 Å². The van der Waals surface area contributed by atoms with Gasteiger partial charge in [0.05, 0.1) is 18.2 Å². The maximum Gasteiger partial charge on any atom is 0.191 e. The summed E-state index contributed by atoms with van der Waals surface area (Å²) in [6.07, 6.45) is 5.26. The molecule has 2 N–H and O–H groups in total. The molecule has 0 aliphatic carbocycles. The summed E-state index contributed by atoms with van der Waals surface area (Å²) in [5.41, 5.74) is 1.27. The van der Waals surface area contributed by atoms with E-state index < -0.39 is 0 Å². The molecule has 2 aliphatic rings. The second-order valence-corrected chi connectivity index (χ2v) is 6.17. The summed E-state index contributed by atoms with van der Waals surface area (Å²) in [6, 6.07) is 8.38. The summed E-state index contributed by atoms with van der Waals surface area (Å²) in [4.78, 5) is 4.30. The van der Waals surface area contributed by atoms with E-state index in [0.717, 1.165) is 30.4 Å². The van der Waals surface area contributed by atoms with Crippen molar-refractivity contribution in [2.24, 2.45) is 4.99 Å². The summed E-state index contributed by atoms with van der Waals surface area (Å²) >= 11 is 5.89. The molecule has 0 amide bonds. The fourth-order valence-electron chi connectivity index (χ4n) is 3.14. The lowest BCUT2D eigenvalue weighted by molar-refractivity contribution is 0.0992. The van der Waals surface area contributed by atoms with E-state index >= 15 is 0 Å². The Balaban J connectivity index is 1.44. The van der Waals surface area contributed by atoms with Crippen LogP contribution in [0.25, 0.3) is 0 Å². The number of fused-ring (bicyclic) bond motifs is 2. The minimum Gasteiger partial charge on any atom is -0.373 e. The highest BCUT2D eigenvalue weighted by molar-refractivity contribution is 6.30. The van der Waals surface area contributed by atoms with Crippen molar-refractivity contribution in [2.75, 3.05) is 13.6 Å². The average Bonchev–Trinajstić information content (AvgIpc) is 3.11. The van der Waals surface area contributed by atoms with Crippen molar-refractivity contribution in [1.29, 1.82) is 0 Å². The lowest BCUT2D eigenvalue weighted by atomic mass is 9.96. The van der Waals surface area contributed by atoms with Crippen molar-refractivity contribution in [1.82, 2.24) is 10.6 Å². The molecular weight excluding hydrogens is 286 g/mol. The third-order valence-electron chi connectivity index (χ3n) is 4.27. The molecule has 2 saturated heterocycles. The molecule has 3 rings (SSSR count). The number of ether oxygens (including phenoxy) is 1. The van der Waals surface area contributed by atoms with E-state index in [4.69, 9.17) is 16.3 Å². The van der Waals surface area contributed by atoms with Gasteiger partial charge in [-0.05, 0) is 43.4 Å². The maximum atomic E-state index is 5.89. The summed E-state index contributed by atoms with van der Waals surface area (Å²) in [7, 11) is 1.81. The average molecular weight is 308 g/mol. The topological polar surface area (TPSA) is 45.7 Å². The Morgan fingerprint density at radius 1 is 1.33 bits per heavy atom. The fraction of sp³-hybridized carbons (Fsp3) is 0.562. The molecule has 2 heterocycles. The standard InChI is InChI=1S/C16H22ClN3O/c1-18-16(20-14-10-13-6-7-15(14)21-13)19-9-8-11-2-4-12(17)5-3-11/h2-5,13-15H,6-10H2,1H3,(H2,18,19,20). The normalized spacial score (nSPS) is 27.9. The molecule has 1 aromatic rings. The van der Waals surface area contributed by atoms with Gasteiger partial charge in [-0.1, -0.05) is 23.7 Å². The van der Waals surface area contributed by atoms with E-state index in [1.165, 1.54) is 18.4 Å². The first-order valence-corrected chi connectivity index (χ1v) is 7.99. The molecule has 3 unspecified atom stereocenters. The van der Waals surface area contributed by atoms with Gasteiger partial charge in [-0.25, -0.2) is 0 Å². The van der Waals surface area contributed by atoms with Crippen molar-refractivity contribution in [2.45, 2.75) is 43.9 Å². The molecule has 2 aliphatic heterocycles. The molecule has 1 aromatic carbocycles. The summed E-state index contributed by atoms with van der Waals surface area (Å²) in [5.74, 6) is 0.866. The van der Waals surface area contributed by atoms with Crippen LogP contribution in [0, 0.1) is 0 Å². The minimum atomic E-state index is 0.366. The van der Waals surface area contributed by atoms with Crippen molar-refractivity contribution in [3.05, 3.63) is 34.9 Å². The van der Waals surface area contributed by atoms with Crippen LogP contribution in [0.1, 0.15) is 24.8 Å². The van der Waals surface area contributed by atoms with Crippen LogP contribution in [0.4, 0.5) is 0 Å². The van der Waals surface area contributed by atoms with E-state index in [-0.39, 0.29) is 0 Å². The molecule has 4 nitrogen and oxygen atoms in total. The van der Waals surface area contributed by atoms with Gasteiger partial charge in [0.2, 0.25) is 0 Å². The van der Waals surface area contributed by atoms with Crippen LogP contribution in [0.15, 0.2) is 29.3 Å². The zero-order valence-corrected chi connectivity index (χ0v) is 13.1. The Bertz CT molecular complexity index is 503. The quantitative estimate of drug-likeness (QED) is 0.663. The van der Waals surface area contributed by atoms with E-state index in [9.17, 15) is 0 Å². The Hall–Kier alpha value is -1.26. The SMILES string of the molecule is CN=C(NCCc1ccc(Cl)cc1)NC1CC2CCC1O2. The number of rotatable bonds is 4. The van der Waals surface area contributed by atoms with Gasteiger partial charge < -0.3 is 15.4 Å². The molecule has 0 radical (unpaired) electrons. The highest BCUT2D eigenvalue weighted by atomic mass is 35.5. The molecule has 0 saturated carbocycles. The van der Waals surface area contributed by atoms with E-state index in [1.807, 2.05) is 19.2 Å². The Kier molecular flexibility index (Phi) is 4.66. The van der Waals surface area contributed by atoms with Crippen molar-refractivity contribution >= 4 is 17.6 Å². The van der Waals surface area contributed by atoms with Crippen molar-refractivity contribution in [3.63, 3.8) is 0 Å². The van der Waals surface area contributed by atoms with Gasteiger partial charge in [0.15, 0.2) is 5.96 Å². The summed E-state index contributed by atoms with van der Waals surface area (Å²) < 4.78 is 5.86. The number of halogens is 1. The first-order chi connectivity index (χ1) is 10.2. The number of benzene rings is 1. The number of nitrogens with one attached hydrogen (secondary N) is 2. The monoisotopic (exact) mass is 307 g/mol. The van der Waals surface area contributed by atoms with Crippen LogP contribution in [-0.4, -0.2) is 37.8 Å². The third kappa shape index (κ3) is 3.69. The maximum absolute atomic E-state index is 5.89. The molecule has 3 atom stereocenters. The largest absolute Gasteiger partial charge is 0.373 e. The lowest BCUT2D eigenvalue weighted by Gasteiger charge is -2.22. The third-order valence-corrected chi connectivity index (χ3v) is 4.52. The zero-order chi connectivity index (χ0) is 14.7. The van der Waals surface area contributed by atoms with Crippen LogP contribution in [0.5, 0.6) is 0 Å². The first kappa shape index (κ1) is 14.7. The Morgan fingerprint density at radius 2 is 2.14 bits per heavy atom.